The van der Waals surface area contributed by atoms with Gasteiger partial charge in [-0.1, -0.05) is 0 Å². The highest BCUT2D eigenvalue weighted by Crippen LogP contribution is 2.15. The van der Waals surface area contributed by atoms with E-state index in [-0.39, 0.29) is 0 Å². The first-order valence-corrected chi connectivity index (χ1v) is 5.49. The molecule has 1 N–H and O–H groups in total. The van der Waals surface area contributed by atoms with Gasteiger partial charge in [-0.2, -0.15) is 5.10 Å². The predicted octanol–water partition coefficient (Wildman–Crippen LogP) is 2.98. The Labute approximate surface area is 95.3 Å². The molecule has 0 unspecified atom stereocenters. The third-order valence-corrected chi connectivity index (χ3v) is 2.45. The summed E-state index contributed by atoms with van der Waals surface area (Å²) in [5, 5.41) is 7.74. The molecule has 0 aliphatic carbocycles. The predicted molar refractivity (Wildman–Crippen MR) is 63.4 cm³/mol. The smallest absolute Gasteiger partial charge is 0.151 e. The van der Waals surface area contributed by atoms with Crippen molar-refractivity contribution in [2.24, 2.45) is 0 Å². The van der Waals surface area contributed by atoms with E-state index in [1.165, 1.54) is 0 Å². The van der Waals surface area contributed by atoms with E-state index in [0.717, 1.165) is 17.1 Å². The Balaban J connectivity index is 2.04. The second-order valence-corrected chi connectivity index (χ2v) is 4.17. The summed E-state index contributed by atoms with van der Waals surface area (Å²) >= 11 is 0. The van der Waals surface area contributed by atoms with Crippen LogP contribution in [0.2, 0.25) is 0 Å². The molecule has 16 heavy (non-hydrogen) atoms. The van der Waals surface area contributed by atoms with Crippen molar-refractivity contribution >= 4 is 5.82 Å². The van der Waals surface area contributed by atoms with Crippen molar-refractivity contribution in [3.8, 4) is 0 Å². The summed E-state index contributed by atoms with van der Waals surface area (Å²) in [4.78, 5) is 0. The van der Waals surface area contributed by atoms with Crippen LogP contribution >= 0.6 is 0 Å². The van der Waals surface area contributed by atoms with Gasteiger partial charge in [-0.3, -0.25) is 4.68 Å². The molecule has 0 aliphatic heterocycles. The molecule has 0 amide bonds. The first-order chi connectivity index (χ1) is 7.66. The third-order valence-electron chi connectivity index (χ3n) is 2.45. The van der Waals surface area contributed by atoms with E-state index in [1.807, 2.05) is 16.8 Å². The molecule has 0 spiro atoms. The summed E-state index contributed by atoms with van der Waals surface area (Å²) < 4.78 is 7.21. The topological polar surface area (TPSA) is 43.0 Å². The van der Waals surface area contributed by atoms with Crippen molar-refractivity contribution in [3.63, 3.8) is 0 Å². The standard InChI is InChI=1S/C12H17N3O/c1-9(2)15-8-10(3)12(14-15)13-7-11-5-4-6-16-11/h4-6,8-9H,7H2,1-3H3,(H,13,14). The monoisotopic (exact) mass is 219 g/mol. The third kappa shape index (κ3) is 2.27. The molecule has 0 saturated heterocycles. The molecule has 0 saturated carbocycles. The number of hydrogen-bond acceptors (Lipinski definition) is 3. The molecule has 2 heterocycles. The SMILES string of the molecule is Cc1cn(C(C)C)nc1NCc1ccco1. The molecule has 0 bridgehead atoms. The van der Waals surface area contributed by atoms with E-state index in [1.54, 1.807) is 6.26 Å². The lowest BCUT2D eigenvalue weighted by Crippen LogP contribution is -2.03. The van der Waals surface area contributed by atoms with Gasteiger partial charge in [0.15, 0.2) is 5.82 Å². The molecule has 0 aliphatic rings. The maximum absolute atomic E-state index is 5.25. The van der Waals surface area contributed by atoms with Gasteiger partial charge in [-0.25, -0.2) is 0 Å². The summed E-state index contributed by atoms with van der Waals surface area (Å²) in [6.07, 6.45) is 3.73. The van der Waals surface area contributed by atoms with Crippen LogP contribution in [0, 0.1) is 6.92 Å². The summed E-state index contributed by atoms with van der Waals surface area (Å²) in [7, 11) is 0. The Kier molecular flexibility index (Phi) is 2.99. The average molecular weight is 219 g/mol. The molecule has 0 aromatic carbocycles. The Morgan fingerprint density at radius 1 is 1.50 bits per heavy atom. The lowest BCUT2D eigenvalue weighted by Gasteiger charge is -2.04. The number of nitrogens with one attached hydrogen (secondary N) is 1. The molecule has 2 rings (SSSR count). The van der Waals surface area contributed by atoms with Crippen LogP contribution in [0.3, 0.4) is 0 Å². The van der Waals surface area contributed by atoms with Crippen molar-refractivity contribution in [2.45, 2.75) is 33.4 Å². The lowest BCUT2D eigenvalue weighted by atomic mass is 10.3. The number of aryl methyl sites for hydroxylation is 1. The van der Waals surface area contributed by atoms with Gasteiger partial charge in [0.05, 0.1) is 12.8 Å². The van der Waals surface area contributed by atoms with Gasteiger partial charge in [-0.15, -0.1) is 0 Å². The highest BCUT2D eigenvalue weighted by Gasteiger charge is 2.07. The van der Waals surface area contributed by atoms with Gasteiger partial charge >= 0.3 is 0 Å². The molecule has 2 aromatic rings. The van der Waals surface area contributed by atoms with Crippen LogP contribution in [0.1, 0.15) is 31.2 Å². The number of hydrogen-bond donors (Lipinski definition) is 1. The fourth-order valence-electron chi connectivity index (χ4n) is 1.51. The van der Waals surface area contributed by atoms with E-state index < -0.39 is 0 Å². The molecule has 0 fully saturated rings. The first-order valence-electron chi connectivity index (χ1n) is 5.49. The first kappa shape index (κ1) is 10.8. The van der Waals surface area contributed by atoms with Gasteiger partial charge in [0, 0.05) is 17.8 Å². The van der Waals surface area contributed by atoms with Gasteiger partial charge in [0.2, 0.25) is 0 Å². The average Bonchev–Trinajstić information content (AvgIpc) is 2.84. The van der Waals surface area contributed by atoms with Crippen LogP contribution in [-0.2, 0) is 6.54 Å². The summed E-state index contributed by atoms with van der Waals surface area (Å²) in [5.74, 6) is 1.84. The maximum atomic E-state index is 5.25. The normalized spacial score (nSPS) is 11.0. The highest BCUT2D eigenvalue weighted by molar-refractivity contribution is 5.42. The Morgan fingerprint density at radius 2 is 2.31 bits per heavy atom. The van der Waals surface area contributed by atoms with Crippen molar-refractivity contribution in [2.75, 3.05) is 5.32 Å². The van der Waals surface area contributed by atoms with Gasteiger partial charge in [0.25, 0.3) is 0 Å². The molecule has 4 heteroatoms. The summed E-state index contributed by atoms with van der Waals surface area (Å²) in [6.45, 7) is 6.95. The molecule has 2 aromatic heterocycles. The maximum Gasteiger partial charge on any atom is 0.151 e. The van der Waals surface area contributed by atoms with Crippen LogP contribution < -0.4 is 5.32 Å². The number of rotatable bonds is 4. The van der Waals surface area contributed by atoms with Crippen LogP contribution in [-0.4, -0.2) is 9.78 Å². The molecular formula is C12H17N3O. The molecule has 0 radical (unpaired) electrons. The molecule has 4 nitrogen and oxygen atoms in total. The van der Waals surface area contributed by atoms with Gasteiger partial charge in [-0.05, 0) is 32.9 Å². The minimum Gasteiger partial charge on any atom is -0.467 e. The Bertz CT molecular complexity index is 443. The zero-order chi connectivity index (χ0) is 11.5. The van der Waals surface area contributed by atoms with Crippen LogP contribution in [0.5, 0.6) is 0 Å². The van der Waals surface area contributed by atoms with Crippen molar-refractivity contribution in [1.82, 2.24) is 9.78 Å². The quantitative estimate of drug-likeness (QED) is 0.859. The fourth-order valence-corrected chi connectivity index (χ4v) is 1.51. The van der Waals surface area contributed by atoms with Crippen molar-refractivity contribution < 1.29 is 4.42 Å². The number of anilines is 1. The van der Waals surface area contributed by atoms with E-state index in [0.29, 0.717) is 12.6 Å². The van der Waals surface area contributed by atoms with E-state index in [4.69, 9.17) is 4.42 Å². The Morgan fingerprint density at radius 3 is 2.88 bits per heavy atom. The van der Waals surface area contributed by atoms with E-state index >= 15 is 0 Å². The lowest BCUT2D eigenvalue weighted by molar-refractivity contribution is 0.515. The zero-order valence-electron chi connectivity index (χ0n) is 9.90. The number of aromatic nitrogens is 2. The number of nitrogens with zero attached hydrogens (tertiary/aromatic N) is 2. The number of furan rings is 1. The van der Waals surface area contributed by atoms with Crippen molar-refractivity contribution in [1.29, 1.82) is 0 Å². The molecule has 86 valence electrons. The molecular weight excluding hydrogens is 202 g/mol. The molecule has 0 atom stereocenters. The minimum atomic E-state index is 0.387. The largest absolute Gasteiger partial charge is 0.467 e. The van der Waals surface area contributed by atoms with Gasteiger partial charge < -0.3 is 9.73 Å². The van der Waals surface area contributed by atoms with Crippen LogP contribution in [0.15, 0.2) is 29.0 Å². The highest BCUT2D eigenvalue weighted by atomic mass is 16.3. The van der Waals surface area contributed by atoms with Crippen LogP contribution in [0.4, 0.5) is 5.82 Å². The fraction of sp³-hybridized carbons (Fsp3) is 0.417. The van der Waals surface area contributed by atoms with E-state index in [2.05, 4.69) is 37.4 Å². The second kappa shape index (κ2) is 4.43. The second-order valence-electron chi connectivity index (χ2n) is 4.17. The zero-order valence-corrected chi connectivity index (χ0v) is 9.90. The summed E-state index contributed by atoms with van der Waals surface area (Å²) in [6, 6.07) is 4.22. The van der Waals surface area contributed by atoms with E-state index in [9.17, 15) is 0 Å². The Hall–Kier alpha value is -1.71. The van der Waals surface area contributed by atoms with Crippen molar-refractivity contribution in [3.05, 3.63) is 35.9 Å². The summed E-state index contributed by atoms with van der Waals surface area (Å²) in [5.41, 5.74) is 1.15. The minimum absolute atomic E-state index is 0.387. The van der Waals surface area contributed by atoms with Gasteiger partial charge in [0.1, 0.15) is 5.76 Å². The van der Waals surface area contributed by atoms with Crippen LogP contribution in [0.25, 0.3) is 0 Å².